The van der Waals surface area contributed by atoms with Gasteiger partial charge in [0.15, 0.2) is 0 Å². The smallest absolute Gasteiger partial charge is 0.262 e. The van der Waals surface area contributed by atoms with Crippen molar-refractivity contribution in [2.24, 2.45) is 5.73 Å². The molecule has 0 saturated heterocycles. The highest BCUT2D eigenvalue weighted by Gasteiger charge is 2.16. The monoisotopic (exact) mass is 320 g/mol. The van der Waals surface area contributed by atoms with Crippen LogP contribution in [0.5, 0.6) is 0 Å². The quantitative estimate of drug-likeness (QED) is 0.850. The van der Waals surface area contributed by atoms with Crippen molar-refractivity contribution in [3.05, 3.63) is 59.2 Å². The molecule has 0 aliphatic heterocycles. The Kier molecular flexibility index (Phi) is 4.29. The molecule has 2 aromatic carbocycles. The molecule has 21 heavy (non-hydrogen) atoms. The Bertz CT molecular complexity index is 782. The number of hydrogen-bond acceptors (Lipinski definition) is 3. The van der Waals surface area contributed by atoms with Crippen molar-refractivity contribution in [2.45, 2.75) is 18.7 Å². The van der Waals surface area contributed by atoms with Crippen molar-refractivity contribution in [1.29, 1.82) is 0 Å². The Labute approximate surface area is 130 Å². The Balaban J connectivity index is 2.30. The number of hydrogen-bond donors (Lipinski definition) is 2. The molecular weight excluding hydrogens is 304 g/mol. The topological polar surface area (TPSA) is 72.2 Å². The van der Waals surface area contributed by atoms with E-state index in [4.69, 9.17) is 18.0 Å². The lowest BCUT2D eigenvalue weighted by atomic mass is 10.2. The molecule has 0 unspecified atom stereocenters. The van der Waals surface area contributed by atoms with E-state index in [1.165, 1.54) is 0 Å². The first kappa shape index (κ1) is 15.5. The minimum absolute atomic E-state index is 0.270. The van der Waals surface area contributed by atoms with Crippen molar-refractivity contribution < 1.29 is 8.42 Å². The maximum absolute atomic E-state index is 12.4. The molecule has 2 aromatic rings. The van der Waals surface area contributed by atoms with E-state index in [1.54, 1.807) is 43.3 Å². The predicted molar refractivity (Wildman–Crippen MR) is 89.1 cm³/mol. The summed E-state index contributed by atoms with van der Waals surface area (Å²) in [5.74, 6) is 0. The Morgan fingerprint density at radius 3 is 2.24 bits per heavy atom. The number of rotatable bonds is 4. The van der Waals surface area contributed by atoms with Crippen molar-refractivity contribution in [3.63, 3.8) is 0 Å². The predicted octanol–water partition coefficient (Wildman–Crippen LogP) is 2.74. The van der Waals surface area contributed by atoms with Crippen LogP contribution >= 0.6 is 12.2 Å². The first-order valence-corrected chi connectivity index (χ1v) is 8.19. The highest BCUT2D eigenvalue weighted by molar-refractivity contribution is 7.92. The average Bonchev–Trinajstić information content (AvgIpc) is 2.38. The third-order valence-electron chi connectivity index (χ3n) is 3.04. The summed E-state index contributed by atoms with van der Waals surface area (Å²) in [6.45, 7) is 3.70. The van der Waals surface area contributed by atoms with E-state index in [9.17, 15) is 8.42 Å². The van der Waals surface area contributed by atoms with Crippen LogP contribution in [-0.2, 0) is 10.0 Å². The molecule has 0 atom stereocenters. The number of nitrogens with one attached hydrogen (secondary N) is 1. The van der Waals surface area contributed by atoms with Gasteiger partial charge in [-0.15, -0.1) is 0 Å². The molecule has 0 aliphatic rings. The van der Waals surface area contributed by atoms with Crippen LogP contribution in [0, 0.1) is 13.8 Å². The maximum atomic E-state index is 12.4. The minimum Gasteiger partial charge on any atom is -0.389 e. The maximum Gasteiger partial charge on any atom is 0.262 e. The normalized spacial score (nSPS) is 11.1. The molecule has 0 fully saturated rings. The molecule has 0 aromatic heterocycles. The van der Waals surface area contributed by atoms with Crippen LogP contribution in [0.3, 0.4) is 0 Å². The zero-order valence-corrected chi connectivity index (χ0v) is 13.4. The van der Waals surface area contributed by atoms with Gasteiger partial charge in [-0.25, -0.2) is 8.42 Å². The third kappa shape index (κ3) is 3.59. The molecule has 0 aliphatic carbocycles. The van der Waals surface area contributed by atoms with Crippen molar-refractivity contribution in [1.82, 2.24) is 0 Å². The van der Waals surface area contributed by atoms with E-state index >= 15 is 0 Å². The molecular formula is C15H16N2O2S2. The van der Waals surface area contributed by atoms with Crippen LogP contribution in [0.1, 0.15) is 16.7 Å². The van der Waals surface area contributed by atoms with Gasteiger partial charge in [0.05, 0.1) is 4.90 Å². The van der Waals surface area contributed by atoms with Crippen LogP contribution in [0.2, 0.25) is 0 Å². The van der Waals surface area contributed by atoms with Gasteiger partial charge in [-0.05, 0) is 49.7 Å². The lowest BCUT2D eigenvalue weighted by Crippen LogP contribution is -2.15. The average molecular weight is 320 g/mol. The standard InChI is InChI=1S/C15H16N2O2S2/c1-10-3-8-14(11(2)9-10)21(18,19)17-13-6-4-12(5-7-13)15(16)20/h3-9,17H,1-2H3,(H2,16,20). The second kappa shape index (κ2) is 5.83. The van der Waals surface area contributed by atoms with Crippen LogP contribution in [0.4, 0.5) is 5.69 Å². The van der Waals surface area contributed by atoms with E-state index in [2.05, 4.69) is 4.72 Å². The number of thiocarbonyl (C=S) groups is 1. The van der Waals surface area contributed by atoms with Crippen molar-refractivity contribution >= 4 is 32.9 Å². The second-order valence-electron chi connectivity index (χ2n) is 4.82. The number of nitrogens with two attached hydrogens (primary N) is 1. The molecule has 6 heteroatoms. The number of benzene rings is 2. The van der Waals surface area contributed by atoms with Crippen molar-refractivity contribution in [3.8, 4) is 0 Å². The molecule has 0 amide bonds. The van der Waals surface area contributed by atoms with Crippen LogP contribution in [0.25, 0.3) is 0 Å². The van der Waals surface area contributed by atoms with Crippen molar-refractivity contribution in [2.75, 3.05) is 4.72 Å². The van der Waals surface area contributed by atoms with E-state index in [0.717, 1.165) is 5.56 Å². The molecule has 3 N–H and O–H groups in total. The van der Waals surface area contributed by atoms with E-state index in [0.29, 0.717) is 16.8 Å². The molecule has 0 bridgehead atoms. The van der Waals surface area contributed by atoms with Gasteiger partial charge >= 0.3 is 0 Å². The SMILES string of the molecule is Cc1ccc(S(=O)(=O)Nc2ccc(C(N)=S)cc2)c(C)c1. The zero-order valence-electron chi connectivity index (χ0n) is 11.8. The summed E-state index contributed by atoms with van der Waals surface area (Å²) in [6.07, 6.45) is 0. The summed E-state index contributed by atoms with van der Waals surface area (Å²) in [6, 6.07) is 11.9. The first-order chi connectivity index (χ1) is 9.79. The van der Waals surface area contributed by atoms with Crippen LogP contribution < -0.4 is 10.5 Å². The summed E-state index contributed by atoms with van der Waals surface area (Å²) in [4.78, 5) is 0.547. The summed E-state index contributed by atoms with van der Waals surface area (Å²) in [5.41, 5.74) is 8.40. The number of anilines is 1. The molecule has 110 valence electrons. The summed E-state index contributed by atoms with van der Waals surface area (Å²) < 4.78 is 27.3. The fraction of sp³-hybridized carbons (Fsp3) is 0.133. The van der Waals surface area contributed by atoms with Gasteiger partial charge in [0.25, 0.3) is 10.0 Å². The van der Waals surface area contributed by atoms with Crippen LogP contribution in [-0.4, -0.2) is 13.4 Å². The lowest BCUT2D eigenvalue weighted by Gasteiger charge is -2.11. The molecule has 4 nitrogen and oxygen atoms in total. The molecule has 0 saturated carbocycles. The summed E-state index contributed by atoms with van der Waals surface area (Å²) >= 11 is 4.86. The highest BCUT2D eigenvalue weighted by atomic mass is 32.2. The largest absolute Gasteiger partial charge is 0.389 e. The Hall–Kier alpha value is -1.92. The van der Waals surface area contributed by atoms with Gasteiger partial charge in [0.2, 0.25) is 0 Å². The fourth-order valence-corrected chi connectivity index (χ4v) is 3.44. The molecule has 2 rings (SSSR count). The summed E-state index contributed by atoms with van der Waals surface area (Å²) in [5, 5.41) is 0. The van der Waals surface area contributed by atoms with E-state index < -0.39 is 10.0 Å². The van der Waals surface area contributed by atoms with Gasteiger partial charge < -0.3 is 5.73 Å². The van der Waals surface area contributed by atoms with E-state index in [-0.39, 0.29) is 9.88 Å². The Morgan fingerprint density at radius 2 is 1.71 bits per heavy atom. The van der Waals surface area contributed by atoms with Gasteiger partial charge in [-0.3, -0.25) is 4.72 Å². The lowest BCUT2D eigenvalue weighted by molar-refractivity contribution is 0.600. The fourth-order valence-electron chi connectivity index (χ4n) is 2.01. The summed E-state index contributed by atoms with van der Waals surface area (Å²) in [7, 11) is -3.61. The Morgan fingerprint density at radius 1 is 1.10 bits per heavy atom. The highest BCUT2D eigenvalue weighted by Crippen LogP contribution is 2.20. The first-order valence-electron chi connectivity index (χ1n) is 6.29. The van der Waals surface area contributed by atoms with Gasteiger partial charge in [0, 0.05) is 11.3 Å². The minimum atomic E-state index is -3.61. The number of aryl methyl sites for hydroxylation is 2. The van der Waals surface area contributed by atoms with Crippen LogP contribution in [0.15, 0.2) is 47.4 Å². The third-order valence-corrected chi connectivity index (χ3v) is 4.82. The second-order valence-corrected chi connectivity index (χ2v) is 6.91. The van der Waals surface area contributed by atoms with Gasteiger partial charge in [-0.1, -0.05) is 29.9 Å². The zero-order chi connectivity index (χ0) is 15.6. The molecule has 0 spiro atoms. The number of sulfonamides is 1. The van der Waals surface area contributed by atoms with E-state index in [1.807, 2.05) is 13.0 Å². The molecule has 0 radical (unpaired) electrons. The molecule has 0 heterocycles. The van der Waals surface area contributed by atoms with Gasteiger partial charge in [-0.2, -0.15) is 0 Å². The van der Waals surface area contributed by atoms with Gasteiger partial charge in [0.1, 0.15) is 4.99 Å².